The van der Waals surface area contributed by atoms with Gasteiger partial charge >= 0.3 is 0 Å². The van der Waals surface area contributed by atoms with Crippen LogP contribution in [0.3, 0.4) is 0 Å². The lowest BCUT2D eigenvalue weighted by Gasteiger charge is -2.36. The van der Waals surface area contributed by atoms with Gasteiger partial charge in [0.25, 0.3) is 0 Å². The molecule has 6 nitrogen and oxygen atoms in total. The molecule has 1 aliphatic rings. The highest BCUT2D eigenvalue weighted by Gasteiger charge is 2.48. The van der Waals surface area contributed by atoms with Crippen molar-refractivity contribution in [1.82, 2.24) is 5.48 Å². The van der Waals surface area contributed by atoms with Gasteiger partial charge in [0, 0.05) is 4.47 Å². The van der Waals surface area contributed by atoms with Gasteiger partial charge in [-0.05, 0) is 54.8 Å². The number of rotatable bonds is 5. The maximum absolute atomic E-state index is 12.9. The molecule has 2 N–H and O–H groups in total. The van der Waals surface area contributed by atoms with Crippen molar-refractivity contribution in [3.8, 4) is 11.5 Å². The second-order valence-electron chi connectivity index (χ2n) is 6.56. The number of carbonyl (C=O) groups excluding carboxylic acids is 1. The molecule has 2 aromatic rings. The number of hydrogen-bond acceptors (Lipinski definition) is 5. The molecule has 1 atom stereocenters. The monoisotopic (exact) mass is 453 g/mol. The second-order valence-corrected chi connectivity index (χ2v) is 9.90. The van der Waals surface area contributed by atoms with E-state index in [0.717, 1.165) is 4.47 Å². The van der Waals surface area contributed by atoms with Gasteiger partial charge in [-0.2, -0.15) is 0 Å². The predicted octanol–water partition coefficient (Wildman–Crippen LogP) is 3.93. The van der Waals surface area contributed by atoms with Gasteiger partial charge < -0.3 is 4.74 Å². The maximum Gasteiger partial charge on any atom is 0.245 e. The van der Waals surface area contributed by atoms with Gasteiger partial charge in [-0.15, -0.1) is 0 Å². The Balaban J connectivity index is 1.91. The molecule has 1 aliphatic heterocycles. The minimum atomic E-state index is -3.54. The van der Waals surface area contributed by atoms with Gasteiger partial charge in [0.05, 0.1) is 12.2 Å². The summed E-state index contributed by atoms with van der Waals surface area (Å²) in [5.41, 5.74) is 2.10. The molecule has 1 amide bonds. The number of nitrogens with one attached hydrogen (secondary N) is 1. The first kappa shape index (κ1) is 19.9. The lowest BCUT2D eigenvalue weighted by molar-refractivity contribution is -0.130. The molecule has 0 spiro atoms. The Morgan fingerprint density at radius 1 is 1.07 bits per heavy atom. The van der Waals surface area contributed by atoms with E-state index in [-0.39, 0.29) is 12.2 Å². The SMILES string of the molecule is O=C(CC1(c2ccc(Oc3ccc(Br)cc3)cc2)CCCCS1(=O)=O)NO. The molecule has 0 bridgehead atoms. The first-order chi connectivity index (χ1) is 12.9. The number of hydrogen-bond donors (Lipinski definition) is 2. The molecule has 0 aliphatic carbocycles. The van der Waals surface area contributed by atoms with Crippen molar-refractivity contribution in [2.45, 2.75) is 30.4 Å². The van der Waals surface area contributed by atoms with Gasteiger partial charge in [-0.25, -0.2) is 13.9 Å². The van der Waals surface area contributed by atoms with E-state index in [1.807, 2.05) is 24.3 Å². The van der Waals surface area contributed by atoms with Crippen LogP contribution in [0.25, 0.3) is 0 Å². The first-order valence-electron chi connectivity index (χ1n) is 8.55. The summed E-state index contributed by atoms with van der Waals surface area (Å²) >= 11 is 3.36. The lowest BCUT2D eigenvalue weighted by Crippen LogP contribution is -2.44. The zero-order chi connectivity index (χ0) is 19.5. The highest BCUT2D eigenvalue weighted by molar-refractivity contribution is 9.10. The minimum Gasteiger partial charge on any atom is -0.457 e. The van der Waals surface area contributed by atoms with Crippen molar-refractivity contribution in [3.05, 3.63) is 58.6 Å². The molecule has 0 aromatic heterocycles. The van der Waals surface area contributed by atoms with Gasteiger partial charge in [-0.3, -0.25) is 10.0 Å². The summed E-state index contributed by atoms with van der Waals surface area (Å²) in [7, 11) is -3.54. The van der Waals surface area contributed by atoms with E-state index in [2.05, 4.69) is 15.9 Å². The molecule has 1 fully saturated rings. The molecule has 8 heteroatoms. The standard InChI is InChI=1S/C19H20BrNO5S/c20-15-5-9-17(10-6-15)26-16-7-3-14(4-8-16)19(13-18(22)21-23)11-1-2-12-27(19,24)25/h3-10,23H,1-2,11-13H2,(H,21,22). The Morgan fingerprint density at radius 3 is 2.22 bits per heavy atom. The van der Waals surface area contributed by atoms with Crippen molar-refractivity contribution in [2.75, 3.05) is 5.75 Å². The second kappa shape index (κ2) is 8.00. The number of amides is 1. The fourth-order valence-electron chi connectivity index (χ4n) is 3.44. The number of benzene rings is 2. The third-order valence-corrected chi connectivity index (χ3v) is 7.97. The highest BCUT2D eigenvalue weighted by atomic mass is 79.9. The minimum absolute atomic E-state index is 0.0306. The number of hydroxylamine groups is 1. The largest absolute Gasteiger partial charge is 0.457 e. The normalized spacial score (nSPS) is 21.4. The summed E-state index contributed by atoms with van der Waals surface area (Å²) in [6.45, 7) is 0. The van der Waals surface area contributed by atoms with E-state index >= 15 is 0 Å². The number of halogens is 1. The van der Waals surface area contributed by atoms with Gasteiger partial charge in [0.1, 0.15) is 16.2 Å². The van der Waals surface area contributed by atoms with Crippen LogP contribution < -0.4 is 10.2 Å². The molecule has 2 aromatic carbocycles. The summed E-state index contributed by atoms with van der Waals surface area (Å²) in [5, 5.41) is 8.91. The van der Waals surface area contributed by atoms with E-state index in [0.29, 0.717) is 36.3 Å². The van der Waals surface area contributed by atoms with Crippen LogP contribution >= 0.6 is 15.9 Å². The first-order valence-corrected chi connectivity index (χ1v) is 11.0. The van der Waals surface area contributed by atoms with Crippen LogP contribution in [0.4, 0.5) is 0 Å². The zero-order valence-electron chi connectivity index (χ0n) is 14.5. The van der Waals surface area contributed by atoms with E-state index in [4.69, 9.17) is 9.94 Å². The van der Waals surface area contributed by atoms with Gasteiger partial charge in [-0.1, -0.05) is 34.5 Å². The maximum atomic E-state index is 12.9. The molecule has 0 saturated carbocycles. The molecular formula is C19H20BrNO5S. The third-order valence-electron chi connectivity index (χ3n) is 4.84. The Labute approximate surface area is 166 Å². The molecule has 0 radical (unpaired) electrons. The molecule has 1 saturated heterocycles. The lowest BCUT2D eigenvalue weighted by atomic mass is 9.88. The fourth-order valence-corrected chi connectivity index (χ4v) is 5.98. The zero-order valence-corrected chi connectivity index (χ0v) is 16.9. The predicted molar refractivity (Wildman–Crippen MR) is 105 cm³/mol. The Kier molecular flexibility index (Phi) is 5.88. The Hall–Kier alpha value is -1.90. The molecular weight excluding hydrogens is 434 g/mol. The molecule has 27 heavy (non-hydrogen) atoms. The van der Waals surface area contributed by atoms with Crippen LogP contribution in [0, 0.1) is 0 Å². The summed E-state index contributed by atoms with van der Waals surface area (Å²) in [5.74, 6) is 0.542. The Bertz CT molecular complexity index is 912. The van der Waals surface area contributed by atoms with E-state index in [1.54, 1.807) is 29.7 Å². The number of ether oxygens (including phenoxy) is 1. The van der Waals surface area contributed by atoms with Crippen molar-refractivity contribution < 1.29 is 23.2 Å². The van der Waals surface area contributed by atoms with Crippen molar-refractivity contribution in [3.63, 3.8) is 0 Å². The van der Waals surface area contributed by atoms with Crippen LogP contribution in [0.1, 0.15) is 31.2 Å². The number of sulfone groups is 1. The van der Waals surface area contributed by atoms with E-state index in [1.165, 1.54) is 0 Å². The fraction of sp³-hybridized carbons (Fsp3) is 0.316. The number of carbonyl (C=O) groups is 1. The van der Waals surface area contributed by atoms with Gasteiger partial charge in [0.15, 0.2) is 9.84 Å². The smallest absolute Gasteiger partial charge is 0.245 e. The van der Waals surface area contributed by atoms with Crippen molar-refractivity contribution in [2.24, 2.45) is 0 Å². The van der Waals surface area contributed by atoms with Crippen LogP contribution in [0.2, 0.25) is 0 Å². The summed E-state index contributed by atoms with van der Waals surface area (Å²) in [6.07, 6.45) is 1.32. The average molecular weight is 454 g/mol. The van der Waals surface area contributed by atoms with Crippen LogP contribution in [0.5, 0.6) is 11.5 Å². The van der Waals surface area contributed by atoms with E-state index < -0.39 is 20.5 Å². The Morgan fingerprint density at radius 2 is 1.67 bits per heavy atom. The molecule has 1 unspecified atom stereocenters. The van der Waals surface area contributed by atoms with Crippen molar-refractivity contribution in [1.29, 1.82) is 0 Å². The molecule has 144 valence electrons. The highest BCUT2D eigenvalue weighted by Crippen LogP contribution is 2.43. The third kappa shape index (κ3) is 4.17. The topological polar surface area (TPSA) is 92.7 Å². The summed E-state index contributed by atoms with van der Waals surface area (Å²) in [6, 6.07) is 14.1. The van der Waals surface area contributed by atoms with Gasteiger partial charge in [0.2, 0.25) is 5.91 Å². The quantitative estimate of drug-likeness (QED) is 0.528. The average Bonchev–Trinajstić information content (AvgIpc) is 2.66. The molecule has 1 heterocycles. The summed E-state index contributed by atoms with van der Waals surface area (Å²) in [4.78, 5) is 11.8. The van der Waals surface area contributed by atoms with Crippen LogP contribution in [-0.2, 0) is 19.4 Å². The van der Waals surface area contributed by atoms with Crippen molar-refractivity contribution >= 4 is 31.7 Å². The summed E-state index contributed by atoms with van der Waals surface area (Å²) < 4.78 is 31.1. The van der Waals surface area contributed by atoms with Crippen LogP contribution in [0.15, 0.2) is 53.0 Å². The van der Waals surface area contributed by atoms with E-state index in [9.17, 15) is 13.2 Å². The van der Waals surface area contributed by atoms with Crippen LogP contribution in [-0.4, -0.2) is 25.3 Å². The molecule has 3 rings (SSSR count).